The molecule has 0 saturated heterocycles. The van der Waals surface area contributed by atoms with E-state index in [1.165, 1.54) is 6.07 Å². The predicted octanol–water partition coefficient (Wildman–Crippen LogP) is 3.43. The Morgan fingerprint density at radius 3 is 2.57 bits per heavy atom. The zero-order chi connectivity index (χ0) is 20.1. The number of rotatable bonds is 7. The van der Waals surface area contributed by atoms with Crippen molar-refractivity contribution in [2.45, 2.75) is 19.9 Å². The van der Waals surface area contributed by atoms with Crippen LogP contribution in [-0.2, 0) is 17.8 Å². The number of hydrogen-bond donors (Lipinski definition) is 1. The van der Waals surface area contributed by atoms with Crippen molar-refractivity contribution in [3.05, 3.63) is 70.1 Å². The molecule has 1 amide bonds. The van der Waals surface area contributed by atoms with Crippen molar-refractivity contribution in [3.63, 3.8) is 0 Å². The van der Waals surface area contributed by atoms with Crippen molar-refractivity contribution in [3.8, 4) is 5.75 Å². The molecule has 28 heavy (non-hydrogen) atoms. The summed E-state index contributed by atoms with van der Waals surface area (Å²) < 4.78 is 10.5. The van der Waals surface area contributed by atoms with E-state index in [0.29, 0.717) is 17.8 Å². The maximum Gasteiger partial charge on any atom is 0.336 e. The Hall–Kier alpha value is -3.12. The Bertz CT molecular complexity index is 1020. The van der Waals surface area contributed by atoms with E-state index >= 15 is 0 Å². The van der Waals surface area contributed by atoms with Gasteiger partial charge in [0.05, 0.1) is 13.7 Å². The van der Waals surface area contributed by atoms with Gasteiger partial charge in [-0.2, -0.15) is 0 Å². The first-order valence-corrected chi connectivity index (χ1v) is 9.16. The van der Waals surface area contributed by atoms with Gasteiger partial charge in [0.1, 0.15) is 11.3 Å². The molecule has 0 bridgehead atoms. The smallest absolute Gasteiger partial charge is 0.336 e. The third-order valence-corrected chi connectivity index (χ3v) is 4.53. The van der Waals surface area contributed by atoms with Crippen LogP contribution in [0.5, 0.6) is 5.75 Å². The number of carbonyl (C=O) groups is 1. The minimum Gasteiger partial charge on any atom is -0.497 e. The fourth-order valence-corrected chi connectivity index (χ4v) is 3.09. The summed E-state index contributed by atoms with van der Waals surface area (Å²) in [5.74, 6) is 0.601. The van der Waals surface area contributed by atoms with Crippen molar-refractivity contribution in [1.82, 2.24) is 4.90 Å². The number of nitrogens with zero attached hydrogens (tertiary/aromatic N) is 1. The molecule has 0 spiro atoms. The fraction of sp³-hybridized carbons (Fsp3) is 0.273. The number of ether oxygens (including phenoxy) is 1. The van der Waals surface area contributed by atoms with Crippen LogP contribution in [0.4, 0.5) is 5.69 Å². The zero-order valence-electron chi connectivity index (χ0n) is 16.3. The number of methoxy groups -OCH3 is 1. The summed E-state index contributed by atoms with van der Waals surface area (Å²) in [6, 6.07) is 14.6. The van der Waals surface area contributed by atoms with Gasteiger partial charge in [-0.3, -0.25) is 9.69 Å². The van der Waals surface area contributed by atoms with Crippen LogP contribution in [0.15, 0.2) is 57.7 Å². The van der Waals surface area contributed by atoms with Crippen LogP contribution in [0.3, 0.4) is 0 Å². The summed E-state index contributed by atoms with van der Waals surface area (Å²) in [6.45, 7) is 2.71. The van der Waals surface area contributed by atoms with Crippen LogP contribution in [0.25, 0.3) is 11.0 Å². The number of hydrogen-bond acceptors (Lipinski definition) is 5. The number of amides is 1. The third kappa shape index (κ3) is 4.78. The summed E-state index contributed by atoms with van der Waals surface area (Å²) in [5, 5.41) is 3.75. The molecule has 0 radical (unpaired) electrons. The first-order chi connectivity index (χ1) is 13.5. The molecular formula is C22H24N2O4. The van der Waals surface area contributed by atoms with E-state index in [1.807, 2.05) is 30.1 Å². The van der Waals surface area contributed by atoms with Crippen LogP contribution >= 0.6 is 0 Å². The highest BCUT2D eigenvalue weighted by atomic mass is 16.5. The van der Waals surface area contributed by atoms with E-state index in [-0.39, 0.29) is 18.1 Å². The fourth-order valence-electron chi connectivity index (χ4n) is 3.09. The van der Waals surface area contributed by atoms with Gasteiger partial charge >= 0.3 is 5.63 Å². The number of aryl methyl sites for hydroxylation is 1. The Morgan fingerprint density at radius 1 is 1.14 bits per heavy atom. The van der Waals surface area contributed by atoms with E-state index < -0.39 is 0 Å². The van der Waals surface area contributed by atoms with Gasteiger partial charge in [0.25, 0.3) is 0 Å². The largest absolute Gasteiger partial charge is 0.497 e. The first kappa shape index (κ1) is 19.6. The number of benzene rings is 2. The quantitative estimate of drug-likeness (QED) is 0.636. The van der Waals surface area contributed by atoms with Gasteiger partial charge < -0.3 is 14.5 Å². The van der Waals surface area contributed by atoms with E-state index in [4.69, 9.17) is 9.15 Å². The lowest BCUT2D eigenvalue weighted by Gasteiger charge is -2.17. The molecule has 3 aromatic rings. The Kier molecular flexibility index (Phi) is 6.11. The highest BCUT2D eigenvalue weighted by Crippen LogP contribution is 2.20. The van der Waals surface area contributed by atoms with Gasteiger partial charge in [-0.15, -0.1) is 0 Å². The van der Waals surface area contributed by atoms with Gasteiger partial charge in [0.2, 0.25) is 5.91 Å². The third-order valence-electron chi connectivity index (χ3n) is 4.53. The van der Waals surface area contributed by atoms with Gasteiger partial charge in [-0.25, -0.2) is 4.79 Å². The Balaban J connectivity index is 1.69. The molecule has 1 N–H and O–H groups in total. The van der Waals surface area contributed by atoms with E-state index in [9.17, 15) is 9.59 Å². The number of anilines is 1. The lowest BCUT2D eigenvalue weighted by Crippen LogP contribution is -2.30. The molecule has 6 nitrogen and oxygen atoms in total. The van der Waals surface area contributed by atoms with Gasteiger partial charge in [0, 0.05) is 23.7 Å². The van der Waals surface area contributed by atoms with Crippen molar-refractivity contribution in [1.29, 1.82) is 0 Å². The standard InChI is InChI=1S/C22H24N2O4/c1-4-15-5-10-19-16(12-22(26)28-20(19)11-15)13-24(2)14-21(25)23-17-6-8-18(27-3)9-7-17/h5-12H,4,13-14H2,1-3H3,(H,23,25). The highest BCUT2D eigenvalue weighted by Gasteiger charge is 2.12. The first-order valence-electron chi connectivity index (χ1n) is 9.16. The normalized spacial score (nSPS) is 11.0. The van der Waals surface area contributed by atoms with Gasteiger partial charge in [-0.05, 0) is 54.9 Å². The summed E-state index contributed by atoms with van der Waals surface area (Å²) in [7, 11) is 3.44. The van der Waals surface area contributed by atoms with Crippen molar-refractivity contribution < 1.29 is 13.9 Å². The number of nitrogens with one attached hydrogen (secondary N) is 1. The summed E-state index contributed by atoms with van der Waals surface area (Å²) >= 11 is 0. The highest BCUT2D eigenvalue weighted by molar-refractivity contribution is 5.92. The molecule has 0 atom stereocenters. The molecule has 1 heterocycles. The van der Waals surface area contributed by atoms with Crippen LogP contribution in [0.1, 0.15) is 18.1 Å². The van der Waals surface area contributed by atoms with Crippen LogP contribution in [0.2, 0.25) is 0 Å². The van der Waals surface area contributed by atoms with Crippen LogP contribution < -0.4 is 15.7 Å². The van der Waals surface area contributed by atoms with E-state index in [0.717, 1.165) is 28.7 Å². The lowest BCUT2D eigenvalue weighted by atomic mass is 10.1. The summed E-state index contributed by atoms with van der Waals surface area (Å²) in [5.41, 5.74) is 2.86. The summed E-state index contributed by atoms with van der Waals surface area (Å²) in [6.07, 6.45) is 0.870. The second kappa shape index (κ2) is 8.71. The molecule has 3 rings (SSSR count). The van der Waals surface area contributed by atoms with Crippen molar-refractivity contribution in [2.75, 3.05) is 26.0 Å². The Labute approximate surface area is 163 Å². The minimum atomic E-state index is -0.383. The van der Waals surface area contributed by atoms with E-state index in [2.05, 4.69) is 12.2 Å². The Morgan fingerprint density at radius 2 is 1.89 bits per heavy atom. The average Bonchev–Trinajstić information content (AvgIpc) is 2.67. The molecule has 6 heteroatoms. The SMILES string of the molecule is CCc1ccc2c(CN(C)CC(=O)Nc3ccc(OC)cc3)cc(=O)oc2c1. The maximum atomic E-state index is 12.3. The predicted molar refractivity (Wildman–Crippen MR) is 110 cm³/mol. The van der Waals surface area contributed by atoms with E-state index in [1.54, 1.807) is 31.4 Å². The van der Waals surface area contributed by atoms with Crippen LogP contribution in [0, 0.1) is 0 Å². The van der Waals surface area contributed by atoms with Crippen molar-refractivity contribution in [2.24, 2.45) is 0 Å². The number of carbonyl (C=O) groups excluding carboxylic acids is 1. The molecule has 0 fully saturated rings. The molecule has 1 aromatic heterocycles. The van der Waals surface area contributed by atoms with Gasteiger partial charge in [0.15, 0.2) is 0 Å². The molecule has 0 unspecified atom stereocenters. The van der Waals surface area contributed by atoms with Crippen LogP contribution in [-0.4, -0.2) is 31.5 Å². The monoisotopic (exact) mass is 380 g/mol. The number of fused-ring (bicyclic) bond motifs is 1. The molecule has 0 aliphatic rings. The zero-order valence-corrected chi connectivity index (χ0v) is 16.3. The van der Waals surface area contributed by atoms with Crippen molar-refractivity contribution >= 4 is 22.6 Å². The molecular weight excluding hydrogens is 356 g/mol. The second-order valence-electron chi connectivity index (χ2n) is 6.72. The molecule has 146 valence electrons. The molecule has 0 saturated carbocycles. The number of likely N-dealkylation sites (N-methyl/N-ethyl adjacent to an activating group) is 1. The average molecular weight is 380 g/mol. The molecule has 2 aromatic carbocycles. The minimum absolute atomic E-state index is 0.131. The molecule has 0 aliphatic carbocycles. The lowest BCUT2D eigenvalue weighted by molar-refractivity contribution is -0.117. The maximum absolute atomic E-state index is 12.3. The topological polar surface area (TPSA) is 71.8 Å². The second-order valence-corrected chi connectivity index (χ2v) is 6.72. The summed E-state index contributed by atoms with van der Waals surface area (Å²) in [4.78, 5) is 26.1. The van der Waals surface area contributed by atoms with Gasteiger partial charge in [-0.1, -0.05) is 19.1 Å². The molecule has 0 aliphatic heterocycles.